The number of phenols is 1. The van der Waals surface area contributed by atoms with Crippen LogP contribution in [0, 0.1) is 0 Å². The lowest BCUT2D eigenvalue weighted by atomic mass is 10.0. The van der Waals surface area contributed by atoms with Gasteiger partial charge < -0.3 is 9.84 Å². The van der Waals surface area contributed by atoms with Gasteiger partial charge in [-0.05, 0) is 50.8 Å². The van der Waals surface area contributed by atoms with Crippen molar-refractivity contribution < 1.29 is 14.6 Å². The molecule has 0 spiro atoms. The van der Waals surface area contributed by atoms with Gasteiger partial charge >= 0.3 is 0 Å². The van der Waals surface area contributed by atoms with Gasteiger partial charge in [-0.1, -0.05) is 19.4 Å². The number of carbonyl (C=O) groups is 1. The Balaban J connectivity index is 2.31. The SMILES string of the molecule is CCCc1c(OC2C=CCCC2)ccc(C(C)=O)c1O. The Morgan fingerprint density at radius 1 is 1.45 bits per heavy atom. The van der Waals surface area contributed by atoms with E-state index in [4.69, 9.17) is 4.74 Å². The van der Waals surface area contributed by atoms with Crippen molar-refractivity contribution >= 4 is 5.78 Å². The number of phenolic OH excluding ortho intramolecular Hbond substituents is 1. The first-order valence-corrected chi connectivity index (χ1v) is 7.32. The predicted molar refractivity (Wildman–Crippen MR) is 79.5 cm³/mol. The van der Waals surface area contributed by atoms with Gasteiger partial charge in [0.1, 0.15) is 17.6 Å². The van der Waals surface area contributed by atoms with Crippen LogP contribution in [-0.2, 0) is 6.42 Å². The van der Waals surface area contributed by atoms with Crippen LogP contribution in [0.1, 0.15) is 55.5 Å². The fourth-order valence-electron chi connectivity index (χ4n) is 2.55. The topological polar surface area (TPSA) is 46.5 Å². The van der Waals surface area contributed by atoms with Gasteiger partial charge in [-0.15, -0.1) is 0 Å². The molecule has 1 unspecified atom stereocenters. The van der Waals surface area contributed by atoms with Crippen LogP contribution >= 0.6 is 0 Å². The monoisotopic (exact) mass is 274 g/mol. The van der Waals surface area contributed by atoms with Crippen molar-refractivity contribution in [3.05, 3.63) is 35.4 Å². The number of aromatic hydroxyl groups is 1. The lowest BCUT2D eigenvalue weighted by Crippen LogP contribution is -2.16. The summed E-state index contributed by atoms with van der Waals surface area (Å²) in [6.45, 7) is 3.51. The van der Waals surface area contributed by atoms with Crippen molar-refractivity contribution in [2.24, 2.45) is 0 Å². The number of hydrogen-bond acceptors (Lipinski definition) is 3. The molecule has 0 saturated heterocycles. The van der Waals surface area contributed by atoms with E-state index in [1.165, 1.54) is 6.92 Å². The molecule has 1 aromatic rings. The molecule has 1 N–H and O–H groups in total. The van der Waals surface area contributed by atoms with Crippen LogP contribution in [0.3, 0.4) is 0 Å². The minimum atomic E-state index is -0.121. The van der Waals surface area contributed by atoms with Gasteiger partial charge in [0.15, 0.2) is 5.78 Å². The van der Waals surface area contributed by atoms with Crippen molar-refractivity contribution in [3.63, 3.8) is 0 Å². The van der Waals surface area contributed by atoms with Crippen LogP contribution in [0.5, 0.6) is 11.5 Å². The number of rotatable bonds is 5. The van der Waals surface area contributed by atoms with Crippen molar-refractivity contribution in [1.82, 2.24) is 0 Å². The van der Waals surface area contributed by atoms with Crippen molar-refractivity contribution in [3.8, 4) is 11.5 Å². The number of ether oxygens (including phenoxy) is 1. The first kappa shape index (κ1) is 14.6. The lowest BCUT2D eigenvalue weighted by molar-refractivity contribution is 0.101. The Bertz CT molecular complexity index is 517. The maximum Gasteiger partial charge on any atom is 0.163 e. The number of allylic oxidation sites excluding steroid dienone is 1. The van der Waals surface area contributed by atoms with Crippen LogP contribution in [0.15, 0.2) is 24.3 Å². The summed E-state index contributed by atoms with van der Waals surface area (Å²) < 4.78 is 6.00. The summed E-state index contributed by atoms with van der Waals surface area (Å²) in [6.07, 6.45) is 9.12. The summed E-state index contributed by atoms with van der Waals surface area (Å²) in [5.74, 6) is 0.659. The molecule has 0 radical (unpaired) electrons. The highest BCUT2D eigenvalue weighted by Crippen LogP contribution is 2.34. The molecule has 1 aliphatic carbocycles. The molecule has 2 rings (SSSR count). The third-order valence-corrected chi connectivity index (χ3v) is 3.61. The zero-order valence-electron chi connectivity index (χ0n) is 12.2. The van der Waals surface area contributed by atoms with Crippen molar-refractivity contribution in [2.75, 3.05) is 0 Å². The Morgan fingerprint density at radius 2 is 2.25 bits per heavy atom. The van der Waals surface area contributed by atoms with Crippen LogP contribution in [0.2, 0.25) is 0 Å². The van der Waals surface area contributed by atoms with Gasteiger partial charge in [-0.2, -0.15) is 0 Å². The largest absolute Gasteiger partial charge is 0.507 e. The van der Waals surface area contributed by atoms with Crippen LogP contribution in [0.25, 0.3) is 0 Å². The molecule has 108 valence electrons. The average Bonchev–Trinajstić information content (AvgIpc) is 2.43. The maximum absolute atomic E-state index is 11.5. The smallest absolute Gasteiger partial charge is 0.163 e. The van der Waals surface area contributed by atoms with Crippen LogP contribution < -0.4 is 4.74 Å². The Kier molecular flexibility index (Phi) is 4.83. The minimum Gasteiger partial charge on any atom is -0.507 e. The van der Waals surface area contributed by atoms with Crippen molar-refractivity contribution in [2.45, 2.75) is 52.1 Å². The molecular weight excluding hydrogens is 252 g/mol. The molecule has 0 heterocycles. The highest BCUT2D eigenvalue weighted by molar-refractivity contribution is 5.97. The summed E-state index contributed by atoms with van der Waals surface area (Å²) in [7, 11) is 0. The first-order chi connectivity index (χ1) is 9.63. The van der Waals surface area contributed by atoms with E-state index in [9.17, 15) is 9.90 Å². The van der Waals surface area contributed by atoms with E-state index in [-0.39, 0.29) is 17.6 Å². The van der Waals surface area contributed by atoms with Crippen LogP contribution in [-0.4, -0.2) is 17.0 Å². The number of benzene rings is 1. The Hall–Kier alpha value is -1.77. The highest BCUT2D eigenvalue weighted by Gasteiger charge is 2.18. The third kappa shape index (κ3) is 3.21. The summed E-state index contributed by atoms with van der Waals surface area (Å²) in [4.78, 5) is 11.5. The fraction of sp³-hybridized carbons (Fsp3) is 0.471. The molecule has 0 saturated carbocycles. The molecule has 3 nitrogen and oxygen atoms in total. The highest BCUT2D eigenvalue weighted by atomic mass is 16.5. The number of hydrogen-bond donors (Lipinski definition) is 1. The summed E-state index contributed by atoms with van der Waals surface area (Å²) in [6, 6.07) is 3.46. The van der Waals surface area contributed by atoms with E-state index in [2.05, 4.69) is 12.2 Å². The second-order valence-corrected chi connectivity index (χ2v) is 5.26. The molecule has 1 atom stereocenters. The van der Waals surface area contributed by atoms with Gasteiger partial charge in [0, 0.05) is 5.56 Å². The quantitative estimate of drug-likeness (QED) is 0.651. The third-order valence-electron chi connectivity index (χ3n) is 3.61. The van der Waals surface area contributed by atoms with Gasteiger partial charge in [0.05, 0.1) is 5.56 Å². The molecule has 1 aromatic carbocycles. The average molecular weight is 274 g/mol. The lowest BCUT2D eigenvalue weighted by Gasteiger charge is -2.21. The second kappa shape index (κ2) is 6.60. The minimum absolute atomic E-state index is 0.0712. The van der Waals surface area contributed by atoms with E-state index in [0.29, 0.717) is 17.7 Å². The Morgan fingerprint density at radius 3 is 2.85 bits per heavy atom. The molecule has 0 aliphatic heterocycles. The van der Waals surface area contributed by atoms with Crippen molar-refractivity contribution in [1.29, 1.82) is 0 Å². The first-order valence-electron chi connectivity index (χ1n) is 7.32. The maximum atomic E-state index is 11.5. The molecule has 3 heteroatoms. The summed E-state index contributed by atoms with van der Waals surface area (Å²) in [5.41, 5.74) is 1.12. The molecule has 0 amide bonds. The fourth-order valence-corrected chi connectivity index (χ4v) is 2.55. The van der Waals surface area contributed by atoms with E-state index in [1.54, 1.807) is 6.07 Å². The molecule has 1 aliphatic rings. The summed E-state index contributed by atoms with van der Waals surface area (Å²) >= 11 is 0. The number of Topliss-reactive ketones (excluding diaryl/α,β-unsaturated/α-hetero) is 1. The molecule has 20 heavy (non-hydrogen) atoms. The molecular formula is C17H22O3. The zero-order chi connectivity index (χ0) is 14.5. The van der Waals surface area contributed by atoms with Gasteiger partial charge in [0.25, 0.3) is 0 Å². The molecule has 0 aromatic heterocycles. The second-order valence-electron chi connectivity index (χ2n) is 5.26. The van der Waals surface area contributed by atoms with E-state index in [0.717, 1.165) is 31.2 Å². The Labute approximate surface area is 120 Å². The standard InChI is InChI=1S/C17H22O3/c1-3-7-15-16(20-13-8-5-4-6-9-13)11-10-14(12(2)18)17(15)19/h5,8,10-11,13,19H,3-4,6-7,9H2,1-2H3. The number of ketones is 1. The zero-order valence-corrected chi connectivity index (χ0v) is 12.2. The molecule has 0 fully saturated rings. The van der Waals surface area contributed by atoms with E-state index < -0.39 is 0 Å². The van der Waals surface area contributed by atoms with Crippen LogP contribution in [0.4, 0.5) is 0 Å². The van der Waals surface area contributed by atoms with Gasteiger partial charge in [-0.25, -0.2) is 0 Å². The van der Waals surface area contributed by atoms with E-state index >= 15 is 0 Å². The summed E-state index contributed by atoms with van der Waals surface area (Å²) in [5, 5.41) is 10.3. The molecule has 0 bridgehead atoms. The normalized spacial score (nSPS) is 18.0. The van der Waals surface area contributed by atoms with Gasteiger partial charge in [-0.3, -0.25) is 4.79 Å². The predicted octanol–water partition coefficient (Wildman–Crippen LogP) is 4.03. The van der Waals surface area contributed by atoms with E-state index in [1.807, 2.05) is 13.0 Å². The number of carbonyl (C=O) groups excluding carboxylic acids is 1. The van der Waals surface area contributed by atoms with Gasteiger partial charge in [0.2, 0.25) is 0 Å².